The Balaban J connectivity index is 1.68. The van der Waals surface area contributed by atoms with Gasteiger partial charge in [0, 0.05) is 25.1 Å². The predicted octanol–water partition coefficient (Wildman–Crippen LogP) is 3.46. The molecule has 2 aromatic heterocycles. The molecule has 1 saturated heterocycles. The molecular formula is C22H25N3O4. The van der Waals surface area contributed by atoms with E-state index in [4.69, 9.17) is 13.9 Å². The minimum absolute atomic E-state index is 0.0728. The third-order valence-electron chi connectivity index (χ3n) is 5.50. The van der Waals surface area contributed by atoms with Gasteiger partial charge in [-0.1, -0.05) is 0 Å². The molecule has 4 heterocycles. The highest BCUT2D eigenvalue weighted by atomic mass is 16.5. The molecule has 4 rings (SSSR count). The molecule has 0 radical (unpaired) electrons. The molecule has 0 aromatic carbocycles. The van der Waals surface area contributed by atoms with Gasteiger partial charge in [0.2, 0.25) is 5.88 Å². The number of nitriles is 1. The van der Waals surface area contributed by atoms with Crippen LogP contribution in [0.1, 0.15) is 49.8 Å². The minimum Gasteiger partial charge on any atom is -0.467 e. The van der Waals surface area contributed by atoms with E-state index in [-0.39, 0.29) is 18.4 Å². The summed E-state index contributed by atoms with van der Waals surface area (Å²) in [7, 11) is 0. The van der Waals surface area contributed by atoms with Crippen molar-refractivity contribution >= 4 is 5.91 Å². The second-order valence-electron chi connectivity index (χ2n) is 8.14. The lowest BCUT2D eigenvalue weighted by molar-refractivity contribution is -0.134. The number of pyridine rings is 1. The van der Waals surface area contributed by atoms with Crippen molar-refractivity contribution in [1.82, 2.24) is 9.88 Å². The monoisotopic (exact) mass is 395 g/mol. The van der Waals surface area contributed by atoms with E-state index in [1.54, 1.807) is 12.3 Å². The number of aromatic nitrogens is 1. The number of ether oxygens (including phenoxy) is 2. The van der Waals surface area contributed by atoms with Crippen molar-refractivity contribution in [3.63, 3.8) is 0 Å². The Morgan fingerprint density at radius 3 is 2.79 bits per heavy atom. The van der Waals surface area contributed by atoms with E-state index in [9.17, 15) is 10.1 Å². The van der Waals surface area contributed by atoms with Crippen LogP contribution >= 0.6 is 0 Å². The Morgan fingerprint density at radius 1 is 1.31 bits per heavy atom. The molecule has 2 aromatic rings. The van der Waals surface area contributed by atoms with E-state index >= 15 is 0 Å². The molecular weight excluding hydrogens is 370 g/mol. The van der Waals surface area contributed by atoms with Crippen LogP contribution in [-0.2, 0) is 22.6 Å². The highest BCUT2D eigenvalue weighted by molar-refractivity contribution is 5.78. The van der Waals surface area contributed by atoms with Crippen LogP contribution in [-0.4, -0.2) is 41.1 Å². The molecule has 7 heteroatoms. The Morgan fingerprint density at radius 2 is 2.10 bits per heavy atom. The highest BCUT2D eigenvalue weighted by Crippen LogP contribution is 2.38. The molecule has 0 unspecified atom stereocenters. The van der Waals surface area contributed by atoms with Crippen molar-refractivity contribution in [2.24, 2.45) is 0 Å². The van der Waals surface area contributed by atoms with E-state index in [0.29, 0.717) is 30.0 Å². The van der Waals surface area contributed by atoms with E-state index in [1.165, 1.54) is 0 Å². The summed E-state index contributed by atoms with van der Waals surface area (Å²) < 4.78 is 17.3. The third kappa shape index (κ3) is 3.99. The first-order chi connectivity index (χ1) is 14.0. The summed E-state index contributed by atoms with van der Waals surface area (Å²) in [4.78, 5) is 18.9. The van der Waals surface area contributed by atoms with E-state index < -0.39 is 5.60 Å². The van der Waals surface area contributed by atoms with Gasteiger partial charge in [-0.05, 0) is 50.8 Å². The molecule has 0 N–H and O–H groups in total. The second-order valence-corrected chi connectivity index (χ2v) is 8.14. The van der Waals surface area contributed by atoms with Gasteiger partial charge in [0.1, 0.15) is 17.3 Å². The van der Waals surface area contributed by atoms with Crippen molar-refractivity contribution in [3.8, 4) is 23.4 Å². The normalized spacial score (nSPS) is 18.0. The lowest BCUT2D eigenvalue weighted by atomic mass is 9.88. The van der Waals surface area contributed by atoms with Crippen molar-refractivity contribution in [2.75, 3.05) is 19.7 Å². The van der Waals surface area contributed by atoms with Crippen molar-refractivity contribution < 1.29 is 18.7 Å². The minimum atomic E-state index is -0.402. The van der Waals surface area contributed by atoms with Crippen molar-refractivity contribution in [1.29, 1.82) is 5.26 Å². The van der Waals surface area contributed by atoms with Gasteiger partial charge < -0.3 is 18.8 Å². The summed E-state index contributed by atoms with van der Waals surface area (Å²) in [6, 6.07) is 5.84. The van der Waals surface area contributed by atoms with E-state index in [0.717, 1.165) is 43.5 Å². The van der Waals surface area contributed by atoms with Gasteiger partial charge in [-0.2, -0.15) is 5.26 Å². The maximum absolute atomic E-state index is 12.5. The fraction of sp³-hybridized carbons (Fsp3) is 0.500. The second kappa shape index (κ2) is 7.88. The number of fused-ring (bicyclic) bond motifs is 1. The third-order valence-corrected chi connectivity index (χ3v) is 5.50. The number of furan rings is 1. The van der Waals surface area contributed by atoms with Crippen LogP contribution < -0.4 is 4.74 Å². The number of amides is 1. The first-order valence-electron chi connectivity index (χ1n) is 10.0. The Hall–Kier alpha value is -2.85. The zero-order valence-corrected chi connectivity index (χ0v) is 16.9. The molecule has 0 aliphatic carbocycles. The van der Waals surface area contributed by atoms with Gasteiger partial charge in [0.05, 0.1) is 18.5 Å². The van der Waals surface area contributed by atoms with E-state index in [2.05, 4.69) is 11.1 Å². The van der Waals surface area contributed by atoms with Crippen LogP contribution in [0.4, 0.5) is 0 Å². The van der Waals surface area contributed by atoms with Gasteiger partial charge in [0.15, 0.2) is 12.4 Å². The first kappa shape index (κ1) is 19.5. The molecule has 7 nitrogen and oxygen atoms in total. The number of carbonyl (C=O) groups excluding carboxylic acids is 1. The molecule has 152 valence electrons. The zero-order valence-electron chi connectivity index (χ0n) is 16.9. The van der Waals surface area contributed by atoms with Crippen LogP contribution in [0.5, 0.6) is 5.88 Å². The van der Waals surface area contributed by atoms with Crippen LogP contribution in [0, 0.1) is 11.3 Å². The fourth-order valence-corrected chi connectivity index (χ4v) is 3.94. The molecule has 2 aliphatic heterocycles. The molecule has 0 saturated carbocycles. The average molecular weight is 395 g/mol. The first-order valence-corrected chi connectivity index (χ1v) is 10.0. The van der Waals surface area contributed by atoms with Gasteiger partial charge in [-0.3, -0.25) is 4.79 Å². The molecule has 2 aliphatic rings. The summed E-state index contributed by atoms with van der Waals surface area (Å²) in [5.41, 5.74) is 2.26. The number of hydrogen-bond donors (Lipinski definition) is 0. The zero-order chi connectivity index (χ0) is 20.4. The van der Waals surface area contributed by atoms with Crippen LogP contribution in [0.3, 0.4) is 0 Å². The number of carbonyl (C=O) groups is 1. The number of piperidine rings is 1. The van der Waals surface area contributed by atoms with E-state index in [1.807, 2.05) is 24.8 Å². The number of rotatable bonds is 4. The largest absolute Gasteiger partial charge is 0.467 e. The van der Waals surface area contributed by atoms with Crippen LogP contribution in [0.2, 0.25) is 0 Å². The predicted molar refractivity (Wildman–Crippen MR) is 105 cm³/mol. The summed E-state index contributed by atoms with van der Waals surface area (Å²) in [6.07, 6.45) is 5.32. The topological polar surface area (TPSA) is 88.6 Å². The summed E-state index contributed by atoms with van der Waals surface area (Å²) in [6.45, 7) is 5.71. The SMILES string of the molecule is CC1(C)Cc2c(C#N)c(OCC(=O)N3CCCCC3)nc(-c3ccco3)c2CO1. The van der Waals surface area contributed by atoms with Crippen molar-refractivity contribution in [3.05, 3.63) is 35.1 Å². The summed E-state index contributed by atoms with van der Waals surface area (Å²) in [5, 5.41) is 9.85. The lowest BCUT2D eigenvalue weighted by Crippen LogP contribution is -2.38. The van der Waals surface area contributed by atoms with Gasteiger partial charge in [-0.15, -0.1) is 0 Å². The lowest BCUT2D eigenvalue weighted by Gasteiger charge is -2.33. The van der Waals surface area contributed by atoms with Crippen LogP contribution in [0.15, 0.2) is 22.8 Å². The molecule has 0 spiro atoms. The smallest absolute Gasteiger partial charge is 0.260 e. The molecule has 0 atom stereocenters. The van der Waals surface area contributed by atoms with Gasteiger partial charge in [0.25, 0.3) is 5.91 Å². The maximum atomic E-state index is 12.5. The number of hydrogen-bond acceptors (Lipinski definition) is 6. The molecule has 1 fully saturated rings. The fourth-order valence-electron chi connectivity index (χ4n) is 3.94. The Labute approximate surface area is 170 Å². The maximum Gasteiger partial charge on any atom is 0.260 e. The Bertz CT molecular complexity index is 938. The van der Waals surface area contributed by atoms with Crippen LogP contribution in [0.25, 0.3) is 11.5 Å². The molecule has 29 heavy (non-hydrogen) atoms. The van der Waals surface area contributed by atoms with Gasteiger partial charge in [-0.25, -0.2) is 4.98 Å². The quantitative estimate of drug-likeness (QED) is 0.788. The highest BCUT2D eigenvalue weighted by Gasteiger charge is 2.33. The standard InChI is InChI=1S/C22H25N3O4/c1-22(2)11-15-16(12-23)21(28-14-19(26)25-8-4-3-5-9-25)24-20(17(15)13-29-22)18-7-6-10-27-18/h6-7,10H,3-5,8-9,11,13-14H2,1-2H3. The number of likely N-dealkylation sites (tertiary alicyclic amines) is 1. The Kier molecular flexibility index (Phi) is 5.29. The van der Waals surface area contributed by atoms with Gasteiger partial charge >= 0.3 is 0 Å². The molecule has 0 bridgehead atoms. The summed E-state index contributed by atoms with van der Waals surface area (Å²) >= 11 is 0. The molecule has 1 amide bonds. The van der Waals surface area contributed by atoms with Crippen molar-refractivity contribution in [2.45, 2.75) is 51.7 Å². The average Bonchev–Trinajstić information content (AvgIpc) is 3.25. The number of nitrogens with zero attached hydrogens (tertiary/aromatic N) is 3. The summed E-state index contributed by atoms with van der Waals surface area (Å²) in [5.74, 6) is 0.693.